The number of carbonyl (C=O) groups excluding carboxylic acids is 1. The SMILES string of the molecule is Cc1ccc(C(=O)N2C[C@@H]3C[C@@H](c4nnc(C5CC5)o4)O[C@@H]3C2)s1. The van der Waals surface area contributed by atoms with Gasteiger partial charge in [0, 0.05) is 29.8 Å². The molecule has 3 fully saturated rings. The second-order valence-corrected chi connectivity index (χ2v) is 8.32. The lowest BCUT2D eigenvalue weighted by Gasteiger charge is -2.17. The molecule has 126 valence electrons. The summed E-state index contributed by atoms with van der Waals surface area (Å²) in [4.78, 5) is 16.5. The Bertz CT molecular complexity index is 768. The highest BCUT2D eigenvalue weighted by Crippen LogP contribution is 2.43. The molecule has 1 amide bonds. The molecular formula is C17H19N3O3S. The first-order valence-electron chi connectivity index (χ1n) is 8.52. The van der Waals surface area contributed by atoms with Gasteiger partial charge in [-0.1, -0.05) is 0 Å². The number of hydrogen-bond acceptors (Lipinski definition) is 6. The summed E-state index contributed by atoms with van der Waals surface area (Å²) in [6.07, 6.45) is 3.12. The van der Waals surface area contributed by atoms with E-state index in [0.717, 1.165) is 41.5 Å². The Hall–Kier alpha value is -1.73. The number of nitrogens with zero attached hydrogens (tertiary/aromatic N) is 3. The topological polar surface area (TPSA) is 68.5 Å². The molecule has 0 N–H and O–H groups in total. The molecule has 1 saturated carbocycles. The van der Waals surface area contributed by atoms with Crippen molar-refractivity contribution in [3.05, 3.63) is 33.7 Å². The summed E-state index contributed by atoms with van der Waals surface area (Å²) < 4.78 is 11.9. The molecule has 3 aliphatic rings. The number of likely N-dealkylation sites (tertiary alicyclic amines) is 1. The van der Waals surface area contributed by atoms with Crippen LogP contribution in [0.1, 0.15) is 57.6 Å². The van der Waals surface area contributed by atoms with Crippen molar-refractivity contribution in [2.75, 3.05) is 13.1 Å². The number of ether oxygens (including phenoxy) is 1. The molecule has 0 radical (unpaired) electrons. The molecule has 2 aromatic heterocycles. The van der Waals surface area contributed by atoms with Gasteiger partial charge in [-0.05, 0) is 38.3 Å². The summed E-state index contributed by atoms with van der Waals surface area (Å²) >= 11 is 1.55. The van der Waals surface area contributed by atoms with Gasteiger partial charge in [-0.3, -0.25) is 4.79 Å². The highest BCUT2D eigenvalue weighted by atomic mass is 32.1. The van der Waals surface area contributed by atoms with Crippen LogP contribution in [0.2, 0.25) is 0 Å². The van der Waals surface area contributed by atoms with Gasteiger partial charge in [-0.15, -0.1) is 21.5 Å². The maximum absolute atomic E-state index is 12.6. The predicted octanol–water partition coefficient (Wildman–Crippen LogP) is 2.92. The monoisotopic (exact) mass is 345 g/mol. The third-order valence-electron chi connectivity index (χ3n) is 5.13. The Balaban J connectivity index is 1.24. The summed E-state index contributed by atoms with van der Waals surface area (Å²) in [5, 5.41) is 8.31. The van der Waals surface area contributed by atoms with Crippen molar-refractivity contribution >= 4 is 17.2 Å². The lowest BCUT2D eigenvalue weighted by molar-refractivity contribution is 0.0222. The normalized spacial score (nSPS) is 29.2. The van der Waals surface area contributed by atoms with Crippen LogP contribution in [0.15, 0.2) is 16.5 Å². The number of aryl methyl sites for hydroxylation is 1. The molecular weight excluding hydrogens is 326 g/mol. The standard InChI is InChI=1S/C17H19N3O3S/c1-9-2-5-14(24-9)17(21)20-7-11-6-12(22-13(11)8-20)16-19-18-15(23-16)10-3-4-10/h2,5,10-13H,3-4,6-8H2,1H3/t11-,12-,13+/m0/s1. The van der Waals surface area contributed by atoms with Crippen molar-refractivity contribution in [2.24, 2.45) is 5.92 Å². The first-order chi connectivity index (χ1) is 11.7. The van der Waals surface area contributed by atoms with Crippen molar-refractivity contribution in [3.63, 3.8) is 0 Å². The molecule has 1 aliphatic carbocycles. The van der Waals surface area contributed by atoms with Gasteiger partial charge in [-0.2, -0.15) is 0 Å². The van der Waals surface area contributed by atoms with Gasteiger partial charge in [0.2, 0.25) is 11.8 Å². The molecule has 4 heterocycles. The van der Waals surface area contributed by atoms with Crippen LogP contribution in [0.5, 0.6) is 0 Å². The summed E-state index contributed by atoms with van der Waals surface area (Å²) in [7, 11) is 0. The zero-order valence-electron chi connectivity index (χ0n) is 13.5. The summed E-state index contributed by atoms with van der Waals surface area (Å²) in [6.45, 7) is 3.43. The van der Waals surface area contributed by atoms with Gasteiger partial charge in [0.1, 0.15) is 6.10 Å². The van der Waals surface area contributed by atoms with Crippen molar-refractivity contribution < 1.29 is 13.9 Å². The highest BCUT2D eigenvalue weighted by Gasteiger charge is 2.46. The highest BCUT2D eigenvalue weighted by molar-refractivity contribution is 7.13. The number of aromatic nitrogens is 2. The molecule has 0 unspecified atom stereocenters. The lowest BCUT2D eigenvalue weighted by Crippen LogP contribution is -2.30. The third-order valence-corrected chi connectivity index (χ3v) is 6.12. The molecule has 24 heavy (non-hydrogen) atoms. The van der Waals surface area contributed by atoms with E-state index in [0.29, 0.717) is 24.3 Å². The molecule has 6 nitrogen and oxygen atoms in total. The number of hydrogen-bond donors (Lipinski definition) is 0. The van der Waals surface area contributed by atoms with Crippen LogP contribution in [0.3, 0.4) is 0 Å². The lowest BCUT2D eigenvalue weighted by atomic mass is 10.0. The molecule has 2 aliphatic heterocycles. The molecule has 0 bridgehead atoms. The Kier molecular flexibility index (Phi) is 3.28. The van der Waals surface area contributed by atoms with E-state index in [2.05, 4.69) is 10.2 Å². The Morgan fingerprint density at radius 1 is 1.25 bits per heavy atom. The fourth-order valence-electron chi connectivity index (χ4n) is 3.67. The molecule has 2 aromatic rings. The van der Waals surface area contributed by atoms with E-state index in [1.165, 1.54) is 0 Å². The van der Waals surface area contributed by atoms with Crippen LogP contribution < -0.4 is 0 Å². The summed E-state index contributed by atoms with van der Waals surface area (Å²) in [5.74, 6) is 2.32. The Labute approximate surface area is 143 Å². The van der Waals surface area contributed by atoms with E-state index in [9.17, 15) is 4.79 Å². The largest absolute Gasteiger partial charge is 0.422 e. The van der Waals surface area contributed by atoms with E-state index in [1.807, 2.05) is 24.0 Å². The number of rotatable bonds is 3. The van der Waals surface area contributed by atoms with E-state index in [4.69, 9.17) is 9.15 Å². The average Bonchev–Trinajstić information content (AvgIpc) is 2.97. The van der Waals surface area contributed by atoms with Gasteiger partial charge >= 0.3 is 0 Å². The summed E-state index contributed by atoms with van der Waals surface area (Å²) in [5.41, 5.74) is 0. The van der Waals surface area contributed by atoms with Crippen LogP contribution in [0.25, 0.3) is 0 Å². The van der Waals surface area contributed by atoms with E-state index in [1.54, 1.807) is 11.3 Å². The number of thiophene rings is 1. The minimum Gasteiger partial charge on any atom is -0.422 e. The predicted molar refractivity (Wildman–Crippen MR) is 87.0 cm³/mol. The quantitative estimate of drug-likeness (QED) is 0.855. The minimum atomic E-state index is -0.110. The average molecular weight is 345 g/mol. The molecule has 0 spiro atoms. The van der Waals surface area contributed by atoms with Gasteiger partial charge in [-0.25, -0.2) is 0 Å². The van der Waals surface area contributed by atoms with Gasteiger partial charge in [0.15, 0.2) is 0 Å². The Morgan fingerprint density at radius 3 is 2.79 bits per heavy atom. The first kappa shape index (κ1) is 14.6. The minimum absolute atomic E-state index is 0.0799. The molecule has 7 heteroatoms. The van der Waals surface area contributed by atoms with Crippen LogP contribution in [-0.2, 0) is 4.74 Å². The fourth-order valence-corrected chi connectivity index (χ4v) is 4.50. The first-order valence-corrected chi connectivity index (χ1v) is 9.33. The van der Waals surface area contributed by atoms with E-state index < -0.39 is 0 Å². The van der Waals surface area contributed by atoms with E-state index >= 15 is 0 Å². The molecule has 0 aromatic carbocycles. The maximum Gasteiger partial charge on any atom is 0.264 e. The third kappa shape index (κ3) is 2.46. The van der Waals surface area contributed by atoms with Gasteiger partial charge in [0.05, 0.1) is 11.0 Å². The van der Waals surface area contributed by atoms with Crippen molar-refractivity contribution in [2.45, 2.75) is 44.3 Å². The molecule has 5 rings (SSSR count). The van der Waals surface area contributed by atoms with Crippen LogP contribution in [0.4, 0.5) is 0 Å². The van der Waals surface area contributed by atoms with Crippen LogP contribution >= 0.6 is 11.3 Å². The maximum atomic E-state index is 12.6. The van der Waals surface area contributed by atoms with Crippen LogP contribution in [0, 0.1) is 12.8 Å². The van der Waals surface area contributed by atoms with Gasteiger partial charge in [0.25, 0.3) is 5.91 Å². The molecule has 2 saturated heterocycles. The summed E-state index contributed by atoms with van der Waals surface area (Å²) in [6, 6.07) is 3.91. The van der Waals surface area contributed by atoms with E-state index in [-0.39, 0.29) is 18.1 Å². The van der Waals surface area contributed by atoms with Crippen molar-refractivity contribution in [1.82, 2.24) is 15.1 Å². The zero-order valence-corrected chi connectivity index (χ0v) is 14.3. The fraction of sp³-hybridized carbons (Fsp3) is 0.588. The second kappa shape index (κ2) is 5.39. The number of carbonyl (C=O) groups is 1. The zero-order chi connectivity index (χ0) is 16.3. The van der Waals surface area contributed by atoms with Crippen molar-refractivity contribution in [1.29, 1.82) is 0 Å². The van der Waals surface area contributed by atoms with Gasteiger partial charge < -0.3 is 14.1 Å². The molecule has 3 atom stereocenters. The second-order valence-electron chi connectivity index (χ2n) is 7.03. The smallest absolute Gasteiger partial charge is 0.264 e. The Morgan fingerprint density at radius 2 is 2.08 bits per heavy atom. The van der Waals surface area contributed by atoms with Crippen molar-refractivity contribution in [3.8, 4) is 0 Å². The van der Waals surface area contributed by atoms with Crippen LogP contribution in [-0.4, -0.2) is 40.2 Å². The number of fused-ring (bicyclic) bond motifs is 1. The number of amides is 1.